The second kappa shape index (κ2) is 9.13. The van der Waals surface area contributed by atoms with Crippen LogP contribution in [0.25, 0.3) is 0 Å². The number of carbonyl (C=O) groups is 2. The minimum atomic E-state index is -3.29. The third-order valence-corrected chi connectivity index (χ3v) is 5.71. The van der Waals surface area contributed by atoms with Gasteiger partial charge in [0, 0.05) is 38.3 Å². The predicted molar refractivity (Wildman–Crippen MR) is 97.0 cm³/mol. The van der Waals surface area contributed by atoms with Crippen LogP contribution in [-0.2, 0) is 14.8 Å². The van der Waals surface area contributed by atoms with Crippen molar-refractivity contribution < 1.29 is 28.0 Å². The Kier molecular flexibility index (Phi) is 7.13. The number of piperazine rings is 1. The zero-order valence-electron chi connectivity index (χ0n) is 15.2. The van der Waals surface area contributed by atoms with Crippen molar-refractivity contribution in [1.29, 1.82) is 0 Å². The standard InChI is InChI=1S/C16H24N4O6S/c1-26-13-5-3-12(4-6-13)15(21)17-11-14(16(22)18-23)19-7-9-20(10-8-19)27(2,24)25/h3-6,14,23H,7-11H2,1-2H3,(H,17,21)(H,18,22)/t14-/m0/s1. The van der Waals surface area contributed by atoms with Gasteiger partial charge in [-0.3, -0.25) is 19.7 Å². The molecule has 0 bridgehead atoms. The molecule has 1 fully saturated rings. The Morgan fingerprint density at radius 1 is 1.19 bits per heavy atom. The zero-order valence-corrected chi connectivity index (χ0v) is 16.0. The molecule has 1 heterocycles. The SMILES string of the molecule is COc1ccc(C(=O)NC[C@@H](C(=O)NO)N2CCN(S(C)(=O)=O)CC2)cc1. The van der Waals surface area contributed by atoms with E-state index in [0.29, 0.717) is 24.4 Å². The molecule has 2 amide bonds. The van der Waals surface area contributed by atoms with Crippen molar-refractivity contribution in [3.05, 3.63) is 29.8 Å². The molecule has 0 aromatic heterocycles. The molecule has 1 atom stereocenters. The summed E-state index contributed by atoms with van der Waals surface area (Å²) < 4.78 is 29.6. The van der Waals surface area contributed by atoms with Crippen LogP contribution in [0, 0.1) is 0 Å². The van der Waals surface area contributed by atoms with E-state index < -0.39 is 22.0 Å². The van der Waals surface area contributed by atoms with Gasteiger partial charge < -0.3 is 10.1 Å². The van der Waals surface area contributed by atoms with E-state index in [9.17, 15) is 18.0 Å². The van der Waals surface area contributed by atoms with Gasteiger partial charge in [0.2, 0.25) is 10.0 Å². The average Bonchev–Trinajstić information content (AvgIpc) is 2.67. The van der Waals surface area contributed by atoms with Crippen LogP contribution in [0.4, 0.5) is 0 Å². The lowest BCUT2D eigenvalue weighted by Crippen LogP contribution is -2.58. The van der Waals surface area contributed by atoms with Gasteiger partial charge in [-0.05, 0) is 24.3 Å². The summed E-state index contributed by atoms with van der Waals surface area (Å²) in [4.78, 5) is 26.0. The first-order valence-electron chi connectivity index (χ1n) is 8.31. The van der Waals surface area contributed by atoms with Crippen molar-refractivity contribution in [1.82, 2.24) is 20.0 Å². The number of hydrogen-bond acceptors (Lipinski definition) is 7. The second-order valence-corrected chi connectivity index (χ2v) is 8.11. The first kappa shape index (κ1) is 21.1. The zero-order chi connectivity index (χ0) is 20.0. The van der Waals surface area contributed by atoms with E-state index in [2.05, 4.69) is 5.32 Å². The number of hydroxylamine groups is 1. The van der Waals surface area contributed by atoms with Gasteiger partial charge in [0.1, 0.15) is 11.8 Å². The summed E-state index contributed by atoms with van der Waals surface area (Å²) in [6.45, 7) is 1.06. The van der Waals surface area contributed by atoms with Crippen LogP contribution in [0.1, 0.15) is 10.4 Å². The Hall–Kier alpha value is -2.21. The molecule has 10 nitrogen and oxygen atoms in total. The fourth-order valence-corrected chi connectivity index (χ4v) is 3.67. The number of methoxy groups -OCH3 is 1. The topological polar surface area (TPSA) is 128 Å². The number of benzene rings is 1. The Labute approximate surface area is 158 Å². The largest absolute Gasteiger partial charge is 0.497 e. The van der Waals surface area contributed by atoms with Crippen LogP contribution < -0.4 is 15.5 Å². The van der Waals surface area contributed by atoms with E-state index in [0.717, 1.165) is 6.26 Å². The molecule has 3 N–H and O–H groups in total. The quantitative estimate of drug-likeness (QED) is 0.390. The minimum absolute atomic E-state index is 0.0316. The van der Waals surface area contributed by atoms with Gasteiger partial charge in [0.25, 0.3) is 11.8 Å². The van der Waals surface area contributed by atoms with Crippen molar-refractivity contribution in [2.75, 3.05) is 46.1 Å². The number of nitrogens with one attached hydrogen (secondary N) is 2. The van der Waals surface area contributed by atoms with Crippen LogP contribution in [0.15, 0.2) is 24.3 Å². The van der Waals surface area contributed by atoms with Crippen LogP contribution in [0.2, 0.25) is 0 Å². The molecule has 150 valence electrons. The molecule has 27 heavy (non-hydrogen) atoms. The first-order chi connectivity index (χ1) is 12.8. The van der Waals surface area contributed by atoms with Crippen molar-refractivity contribution in [2.45, 2.75) is 6.04 Å². The predicted octanol–water partition coefficient (Wildman–Crippen LogP) is -1.12. The highest BCUT2D eigenvalue weighted by atomic mass is 32.2. The van der Waals surface area contributed by atoms with E-state index in [-0.39, 0.29) is 25.5 Å². The smallest absolute Gasteiger partial charge is 0.262 e. The van der Waals surface area contributed by atoms with E-state index in [1.165, 1.54) is 11.4 Å². The van der Waals surface area contributed by atoms with Gasteiger partial charge in [0.15, 0.2) is 0 Å². The summed E-state index contributed by atoms with van der Waals surface area (Å²) in [6, 6.07) is 5.67. The number of carbonyl (C=O) groups excluding carboxylic acids is 2. The summed E-state index contributed by atoms with van der Waals surface area (Å²) in [6.07, 6.45) is 1.13. The van der Waals surface area contributed by atoms with Crippen LogP contribution in [0.5, 0.6) is 5.75 Å². The number of rotatable bonds is 7. The molecule has 11 heteroatoms. The molecular weight excluding hydrogens is 376 g/mol. The van der Waals surface area contributed by atoms with Crippen molar-refractivity contribution >= 4 is 21.8 Å². The number of sulfonamides is 1. The van der Waals surface area contributed by atoms with Crippen LogP contribution in [0.3, 0.4) is 0 Å². The fraction of sp³-hybridized carbons (Fsp3) is 0.500. The molecule has 2 rings (SSSR count). The maximum atomic E-state index is 12.3. The lowest BCUT2D eigenvalue weighted by molar-refractivity contribution is -0.135. The fourth-order valence-electron chi connectivity index (χ4n) is 2.84. The minimum Gasteiger partial charge on any atom is -0.497 e. The molecule has 1 aromatic rings. The van der Waals surface area contributed by atoms with Crippen molar-refractivity contribution in [2.24, 2.45) is 0 Å². The maximum Gasteiger partial charge on any atom is 0.262 e. The van der Waals surface area contributed by atoms with Gasteiger partial charge in [-0.25, -0.2) is 13.9 Å². The third-order valence-electron chi connectivity index (χ3n) is 4.40. The summed E-state index contributed by atoms with van der Waals surface area (Å²) in [5.74, 6) is -0.422. The third kappa shape index (κ3) is 5.63. The number of amides is 2. The average molecular weight is 400 g/mol. The molecule has 1 saturated heterocycles. The summed E-state index contributed by atoms with van der Waals surface area (Å²) in [5, 5.41) is 11.7. The molecule has 0 saturated carbocycles. The second-order valence-electron chi connectivity index (χ2n) is 6.13. The van der Waals surface area contributed by atoms with Gasteiger partial charge >= 0.3 is 0 Å². The van der Waals surface area contributed by atoms with E-state index >= 15 is 0 Å². The van der Waals surface area contributed by atoms with Gasteiger partial charge in [-0.1, -0.05) is 0 Å². The normalized spacial score (nSPS) is 17.1. The monoisotopic (exact) mass is 400 g/mol. The Morgan fingerprint density at radius 3 is 2.26 bits per heavy atom. The molecule has 1 aromatic carbocycles. The number of nitrogens with zero attached hydrogens (tertiary/aromatic N) is 2. The Balaban J connectivity index is 1.98. The van der Waals surface area contributed by atoms with Gasteiger partial charge in [-0.2, -0.15) is 4.31 Å². The molecule has 0 radical (unpaired) electrons. The Morgan fingerprint density at radius 2 is 1.78 bits per heavy atom. The van der Waals surface area contributed by atoms with E-state index in [1.54, 1.807) is 34.6 Å². The summed E-state index contributed by atoms with van der Waals surface area (Å²) >= 11 is 0. The number of hydrogen-bond donors (Lipinski definition) is 3. The molecule has 1 aliphatic rings. The first-order valence-corrected chi connectivity index (χ1v) is 10.2. The van der Waals surface area contributed by atoms with E-state index in [4.69, 9.17) is 9.94 Å². The molecule has 0 spiro atoms. The van der Waals surface area contributed by atoms with Gasteiger partial charge in [0.05, 0.1) is 13.4 Å². The molecule has 1 aliphatic heterocycles. The van der Waals surface area contributed by atoms with Gasteiger partial charge in [-0.15, -0.1) is 0 Å². The highest BCUT2D eigenvalue weighted by Crippen LogP contribution is 2.12. The lowest BCUT2D eigenvalue weighted by Gasteiger charge is -2.37. The summed E-state index contributed by atoms with van der Waals surface area (Å²) in [5.41, 5.74) is 2.01. The summed E-state index contributed by atoms with van der Waals surface area (Å²) in [7, 11) is -1.77. The highest BCUT2D eigenvalue weighted by molar-refractivity contribution is 7.88. The number of ether oxygens (including phenoxy) is 1. The maximum absolute atomic E-state index is 12.3. The molecule has 0 unspecified atom stereocenters. The Bertz CT molecular complexity index is 760. The lowest BCUT2D eigenvalue weighted by atomic mass is 10.1. The highest BCUT2D eigenvalue weighted by Gasteiger charge is 2.31. The van der Waals surface area contributed by atoms with Crippen molar-refractivity contribution in [3.63, 3.8) is 0 Å². The molecular formula is C16H24N4O6S. The van der Waals surface area contributed by atoms with E-state index in [1.807, 2.05) is 0 Å². The van der Waals surface area contributed by atoms with Crippen molar-refractivity contribution in [3.8, 4) is 5.75 Å². The van der Waals surface area contributed by atoms with Crippen LogP contribution in [-0.4, -0.2) is 86.8 Å². The molecule has 0 aliphatic carbocycles. The van der Waals surface area contributed by atoms with Crippen LogP contribution >= 0.6 is 0 Å².